The van der Waals surface area contributed by atoms with Gasteiger partial charge in [0, 0.05) is 5.56 Å². The summed E-state index contributed by atoms with van der Waals surface area (Å²) < 4.78 is 51.5. The normalized spacial score (nSPS) is 14.2. The van der Waals surface area contributed by atoms with E-state index < -0.39 is 11.6 Å². The molecule has 0 spiro atoms. The number of hydrogen-bond donors (Lipinski definition) is 0. The number of benzene rings is 3. The molecule has 0 saturated carbocycles. The molecule has 3 rings (SSSR count). The van der Waals surface area contributed by atoms with E-state index in [2.05, 4.69) is 0 Å². The topological polar surface area (TPSA) is 9.23 Å². The Labute approximate surface area is 182 Å². The SMILES string of the molecule is COc1ccc(C(c2ccccc2)(c2ccc(C)cc2)C(F)(F)F)cc1C[N+](C)(C)C. The molecule has 0 aliphatic carbocycles. The molecule has 0 N–H and O–H groups in total. The lowest BCUT2D eigenvalue weighted by atomic mass is 9.68. The van der Waals surface area contributed by atoms with Crippen molar-refractivity contribution in [3.63, 3.8) is 0 Å². The Morgan fingerprint density at radius 1 is 0.774 bits per heavy atom. The van der Waals surface area contributed by atoms with Crippen LogP contribution in [0, 0.1) is 6.92 Å². The summed E-state index contributed by atoms with van der Waals surface area (Å²) in [4.78, 5) is 0. The predicted molar refractivity (Wildman–Crippen MR) is 118 cm³/mol. The maximum absolute atomic E-state index is 15.1. The Morgan fingerprint density at radius 2 is 1.32 bits per heavy atom. The Morgan fingerprint density at radius 3 is 1.84 bits per heavy atom. The van der Waals surface area contributed by atoms with Gasteiger partial charge in [-0.05, 0) is 35.7 Å². The first-order valence-electron chi connectivity index (χ1n) is 10.2. The predicted octanol–water partition coefficient (Wildman–Crippen LogP) is 6.11. The fraction of sp³-hybridized carbons (Fsp3) is 0.308. The van der Waals surface area contributed by atoms with E-state index in [4.69, 9.17) is 4.74 Å². The Kier molecular flexibility index (Phi) is 6.19. The van der Waals surface area contributed by atoms with E-state index in [1.165, 1.54) is 0 Å². The molecule has 1 unspecified atom stereocenters. The second kappa shape index (κ2) is 8.39. The molecule has 0 amide bonds. The second-order valence-electron chi connectivity index (χ2n) is 8.95. The average Bonchev–Trinajstić information content (AvgIpc) is 2.69. The largest absolute Gasteiger partial charge is 0.496 e. The summed E-state index contributed by atoms with van der Waals surface area (Å²) in [6.07, 6.45) is -4.56. The summed E-state index contributed by atoms with van der Waals surface area (Å²) in [5.41, 5.74) is -0.0869. The third-order valence-corrected chi connectivity index (χ3v) is 5.47. The van der Waals surface area contributed by atoms with Gasteiger partial charge in [0.1, 0.15) is 17.7 Å². The molecular weight excluding hydrogens is 399 g/mol. The van der Waals surface area contributed by atoms with Crippen molar-refractivity contribution >= 4 is 0 Å². The zero-order valence-electron chi connectivity index (χ0n) is 18.6. The molecule has 3 aromatic rings. The minimum Gasteiger partial charge on any atom is -0.496 e. The minimum atomic E-state index is -4.56. The van der Waals surface area contributed by atoms with Gasteiger partial charge in [0.05, 0.1) is 28.3 Å². The number of quaternary nitrogens is 1. The van der Waals surface area contributed by atoms with Crippen LogP contribution in [0.2, 0.25) is 0 Å². The van der Waals surface area contributed by atoms with Crippen molar-refractivity contribution in [3.05, 3.63) is 101 Å². The van der Waals surface area contributed by atoms with Gasteiger partial charge in [-0.25, -0.2) is 0 Å². The summed E-state index contributed by atoms with van der Waals surface area (Å²) in [7, 11) is 7.54. The van der Waals surface area contributed by atoms with Gasteiger partial charge in [-0.15, -0.1) is 0 Å². The van der Waals surface area contributed by atoms with Gasteiger partial charge >= 0.3 is 6.18 Å². The highest BCUT2D eigenvalue weighted by atomic mass is 19.4. The van der Waals surface area contributed by atoms with Crippen molar-refractivity contribution in [2.24, 2.45) is 0 Å². The lowest BCUT2D eigenvalue weighted by Gasteiger charge is -2.38. The van der Waals surface area contributed by atoms with E-state index in [-0.39, 0.29) is 16.7 Å². The number of halogens is 3. The average molecular weight is 429 g/mol. The molecule has 1 atom stereocenters. The Balaban J connectivity index is 2.39. The number of ether oxygens (including phenoxy) is 1. The monoisotopic (exact) mass is 428 g/mol. The third-order valence-electron chi connectivity index (χ3n) is 5.47. The van der Waals surface area contributed by atoms with Crippen LogP contribution in [-0.4, -0.2) is 38.9 Å². The Bertz CT molecular complexity index is 1020. The number of hydrogen-bond acceptors (Lipinski definition) is 1. The first kappa shape index (κ1) is 22.9. The number of nitrogens with zero attached hydrogens (tertiary/aromatic N) is 1. The van der Waals surface area contributed by atoms with Gasteiger partial charge in [0.25, 0.3) is 0 Å². The first-order valence-corrected chi connectivity index (χ1v) is 10.2. The quantitative estimate of drug-likeness (QED) is 0.340. The van der Waals surface area contributed by atoms with E-state index in [9.17, 15) is 0 Å². The van der Waals surface area contributed by atoms with Crippen LogP contribution >= 0.6 is 0 Å². The molecule has 0 bridgehead atoms. The molecule has 2 nitrogen and oxygen atoms in total. The highest BCUT2D eigenvalue weighted by Gasteiger charge is 2.58. The zero-order valence-corrected chi connectivity index (χ0v) is 18.6. The first-order chi connectivity index (χ1) is 14.5. The van der Waals surface area contributed by atoms with E-state index >= 15 is 13.2 Å². The molecule has 3 aromatic carbocycles. The summed E-state index contributed by atoms with van der Waals surface area (Å²) in [5, 5.41) is 0. The van der Waals surface area contributed by atoms with Gasteiger partial charge in [0.15, 0.2) is 0 Å². The number of alkyl halides is 3. The van der Waals surface area contributed by atoms with Crippen LogP contribution < -0.4 is 4.74 Å². The third kappa shape index (κ3) is 4.47. The van der Waals surface area contributed by atoms with Crippen LogP contribution in [0.25, 0.3) is 0 Å². The van der Waals surface area contributed by atoms with Crippen LogP contribution in [0.1, 0.15) is 27.8 Å². The van der Waals surface area contributed by atoms with Crippen LogP contribution in [0.3, 0.4) is 0 Å². The number of aryl methyl sites for hydroxylation is 1. The molecule has 5 heteroatoms. The van der Waals surface area contributed by atoms with Crippen molar-refractivity contribution in [2.45, 2.75) is 25.1 Å². The van der Waals surface area contributed by atoms with Gasteiger partial charge < -0.3 is 9.22 Å². The number of methoxy groups -OCH3 is 1. The highest BCUT2D eigenvalue weighted by molar-refractivity contribution is 5.55. The van der Waals surface area contributed by atoms with E-state index in [0.717, 1.165) is 11.1 Å². The van der Waals surface area contributed by atoms with Gasteiger partial charge in [0.2, 0.25) is 0 Å². The fourth-order valence-electron chi connectivity index (χ4n) is 4.13. The molecule has 0 fully saturated rings. The summed E-state index contributed by atoms with van der Waals surface area (Å²) in [5.74, 6) is 0.588. The fourth-order valence-corrected chi connectivity index (χ4v) is 4.13. The second-order valence-corrected chi connectivity index (χ2v) is 8.95. The molecule has 0 saturated heterocycles. The molecule has 0 heterocycles. The summed E-state index contributed by atoms with van der Waals surface area (Å²) in [6, 6.07) is 19.6. The summed E-state index contributed by atoms with van der Waals surface area (Å²) >= 11 is 0. The van der Waals surface area contributed by atoms with Crippen LogP contribution in [0.4, 0.5) is 13.2 Å². The van der Waals surface area contributed by atoms with Gasteiger partial charge in [-0.3, -0.25) is 0 Å². The lowest BCUT2D eigenvalue weighted by molar-refractivity contribution is -0.884. The highest BCUT2D eigenvalue weighted by Crippen LogP contribution is 2.51. The molecule has 0 aliphatic rings. The maximum Gasteiger partial charge on any atom is 0.406 e. The molecule has 0 aromatic heterocycles. The Hall–Kier alpha value is -2.79. The molecular formula is C26H29F3NO+. The maximum atomic E-state index is 15.1. The van der Waals surface area contributed by atoms with E-state index in [0.29, 0.717) is 16.8 Å². The van der Waals surface area contributed by atoms with Crippen LogP contribution in [0.15, 0.2) is 72.8 Å². The van der Waals surface area contributed by atoms with Gasteiger partial charge in [-0.2, -0.15) is 13.2 Å². The minimum absolute atomic E-state index is 0.180. The lowest BCUT2D eigenvalue weighted by Crippen LogP contribution is -2.44. The van der Waals surface area contributed by atoms with Crippen LogP contribution in [0.5, 0.6) is 5.75 Å². The zero-order chi connectivity index (χ0) is 22.9. The van der Waals surface area contributed by atoms with Crippen molar-refractivity contribution in [1.29, 1.82) is 0 Å². The molecule has 31 heavy (non-hydrogen) atoms. The van der Waals surface area contributed by atoms with Crippen molar-refractivity contribution in [1.82, 2.24) is 0 Å². The van der Waals surface area contributed by atoms with Crippen molar-refractivity contribution in [2.75, 3.05) is 28.3 Å². The van der Waals surface area contributed by atoms with Crippen molar-refractivity contribution < 1.29 is 22.4 Å². The van der Waals surface area contributed by atoms with Gasteiger partial charge in [-0.1, -0.05) is 66.2 Å². The molecule has 0 radical (unpaired) electrons. The van der Waals surface area contributed by atoms with Crippen molar-refractivity contribution in [3.8, 4) is 5.75 Å². The van der Waals surface area contributed by atoms with Crippen LogP contribution in [-0.2, 0) is 12.0 Å². The smallest absolute Gasteiger partial charge is 0.406 e. The van der Waals surface area contributed by atoms with E-state index in [1.807, 2.05) is 28.1 Å². The van der Waals surface area contributed by atoms with E-state index in [1.54, 1.807) is 79.9 Å². The number of rotatable bonds is 6. The molecule has 164 valence electrons. The molecule has 0 aliphatic heterocycles. The summed E-state index contributed by atoms with van der Waals surface area (Å²) in [6.45, 7) is 2.40. The standard InChI is InChI=1S/C26H29F3NO/c1-19-11-13-22(14-12-19)25(26(27,28)29,21-9-7-6-8-10-21)23-15-16-24(31-5)20(17-23)18-30(2,3)4/h6-17H,18H2,1-5H3/q+1.